The molecule has 0 spiro atoms. The molecule has 1 heterocycles. The second kappa shape index (κ2) is 5.94. The van der Waals surface area contributed by atoms with Gasteiger partial charge in [-0.15, -0.1) is 12.4 Å². The molecule has 1 atom stereocenters. The molecular weight excluding hydrogens is 230 g/mol. The van der Waals surface area contributed by atoms with Crippen molar-refractivity contribution in [2.24, 2.45) is 5.73 Å². The fraction of sp³-hybridized carbons (Fsp3) is 0.455. The molecule has 0 fully saturated rings. The average molecular weight is 246 g/mol. The zero-order chi connectivity index (χ0) is 10.7. The number of aliphatic hydroxyl groups excluding tert-OH is 1. The molecular formula is C11H16ClNO3. The largest absolute Gasteiger partial charge is 0.454 e. The third kappa shape index (κ3) is 2.78. The molecule has 5 heteroatoms. The van der Waals surface area contributed by atoms with Crippen LogP contribution in [0.25, 0.3) is 0 Å². The maximum absolute atomic E-state index is 8.72. The average Bonchev–Trinajstić information content (AvgIpc) is 2.72. The molecule has 1 aliphatic rings. The van der Waals surface area contributed by atoms with Crippen molar-refractivity contribution in [1.82, 2.24) is 0 Å². The summed E-state index contributed by atoms with van der Waals surface area (Å²) in [6.45, 7) is 0.461. The summed E-state index contributed by atoms with van der Waals surface area (Å²) in [5, 5.41) is 8.72. The Hall–Kier alpha value is -0.970. The van der Waals surface area contributed by atoms with E-state index in [4.69, 9.17) is 20.3 Å². The van der Waals surface area contributed by atoms with Crippen molar-refractivity contribution in [3.63, 3.8) is 0 Å². The van der Waals surface area contributed by atoms with Crippen molar-refractivity contribution >= 4 is 12.4 Å². The summed E-state index contributed by atoms with van der Waals surface area (Å²) >= 11 is 0. The van der Waals surface area contributed by atoms with Crippen molar-refractivity contribution in [2.45, 2.75) is 18.9 Å². The highest BCUT2D eigenvalue weighted by Crippen LogP contribution is 2.34. The van der Waals surface area contributed by atoms with E-state index in [1.165, 1.54) is 0 Å². The first-order valence-electron chi connectivity index (χ1n) is 5.07. The van der Waals surface area contributed by atoms with Crippen molar-refractivity contribution < 1.29 is 14.6 Å². The van der Waals surface area contributed by atoms with E-state index in [1.807, 2.05) is 18.2 Å². The highest BCUT2D eigenvalue weighted by molar-refractivity contribution is 5.85. The second-order valence-corrected chi connectivity index (χ2v) is 3.59. The lowest BCUT2D eigenvalue weighted by Crippen LogP contribution is -2.10. The van der Waals surface area contributed by atoms with Gasteiger partial charge in [0.05, 0.1) is 0 Å². The fourth-order valence-corrected chi connectivity index (χ4v) is 1.62. The number of benzene rings is 1. The van der Waals surface area contributed by atoms with E-state index in [1.54, 1.807) is 0 Å². The summed E-state index contributed by atoms with van der Waals surface area (Å²) in [5.74, 6) is 1.53. The van der Waals surface area contributed by atoms with Crippen molar-refractivity contribution in [3.05, 3.63) is 23.8 Å². The van der Waals surface area contributed by atoms with Gasteiger partial charge >= 0.3 is 0 Å². The molecule has 90 valence electrons. The van der Waals surface area contributed by atoms with Gasteiger partial charge in [-0.25, -0.2) is 0 Å². The fourth-order valence-electron chi connectivity index (χ4n) is 1.62. The summed E-state index contributed by atoms with van der Waals surface area (Å²) in [6, 6.07) is 5.67. The second-order valence-electron chi connectivity index (χ2n) is 3.59. The number of rotatable bonds is 4. The smallest absolute Gasteiger partial charge is 0.231 e. The predicted molar refractivity (Wildman–Crippen MR) is 63.1 cm³/mol. The van der Waals surface area contributed by atoms with Crippen LogP contribution in [-0.2, 0) is 0 Å². The van der Waals surface area contributed by atoms with E-state index >= 15 is 0 Å². The van der Waals surface area contributed by atoms with Crippen LogP contribution in [0.3, 0.4) is 0 Å². The molecule has 4 nitrogen and oxygen atoms in total. The molecule has 3 N–H and O–H groups in total. The zero-order valence-electron chi connectivity index (χ0n) is 8.89. The van der Waals surface area contributed by atoms with Crippen LogP contribution < -0.4 is 15.2 Å². The summed E-state index contributed by atoms with van der Waals surface area (Å²) < 4.78 is 10.5. The number of hydrogen-bond donors (Lipinski definition) is 2. The summed E-state index contributed by atoms with van der Waals surface area (Å²) in [7, 11) is 0. The topological polar surface area (TPSA) is 64.7 Å². The lowest BCUT2D eigenvalue weighted by molar-refractivity contribution is 0.174. The minimum Gasteiger partial charge on any atom is -0.454 e. The predicted octanol–water partition coefficient (Wildman–Crippen LogP) is 1.61. The minimum absolute atomic E-state index is 0. The summed E-state index contributed by atoms with van der Waals surface area (Å²) in [5.41, 5.74) is 6.99. The monoisotopic (exact) mass is 245 g/mol. The Kier molecular flexibility index (Phi) is 4.86. The molecule has 0 aliphatic carbocycles. The Morgan fingerprint density at radius 1 is 1.31 bits per heavy atom. The van der Waals surface area contributed by atoms with E-state index in [2.05, 4.69) is 0 Å². The van der Waals surface area contributed by atoms with Crippen LogP contribution in [0.1, 0.15) is 24.4 Å². The van der Waals surface area contributed by atoms with Crippen LogP contribution in [0.2, 0.25) is 0 Å². The van der Waals surface area contributed by atoms with Gasteiger partial charge in [-0.2, -0.15) is 0 Å². The normalized spacial score (nSPS) is 14.4. The maximum atomic E-state index is 8.72. The SMILES string of the molecule is Cl.N[C@H](CCCO)c1ccc2c(c1)OCO2. The number of ether oxygens (including phenoxy) is 2. The molecule has 0 unspecified atom stereocenters. The van der Waals surface area contributed by atoms with Gasteiger partial charge in [0.2, 0.25) is 6.79 Å². The van der Waals surface area contributed by atoms with Crippen molar-refractivity contribution in [3.8, 4) is 11.5 Å². The standard InChI is InChI=1S/C11H15NO3.ClH/c12-9(2-1-5-13)8-3-4-10-11(6-8)15-7-14-10;/h3-4,6,9,13H,1-2,5,7,12H2;1H/t9-;/m1./s1. The number of nitrogens with two attached hydrogens (primary N) is 1. The van der Waals surface area contributed by atoms with Gasteiger partial charge in [0.15, 0.2) is 11.5 Å². The molecule has 1 aliphatic heterocycles. The molecule has 0 aromatic heterocycles. The summed E-state index contributed by atoms with van der Waals surface area (Å²) in [6.07, 6.45) is 1.49. The van der Waals surface area contributed by atoms with Crippen LogP contribution >= 0.6 is 12.4 Å². The van der Waals surface area contributed by atoms with Gasteiger partial charge in [0, 0.05) is 12.6 Å². The molecule has 2 rings (SSSR count). The van der Waals surface area contributed by atoms with Gasteiger partial charge < -0.3 is 20.3 Å². The van der Waals surface area contributed by atoms with Gasteiger partial charge in [-0.1, -0.05) is 6.07 Å². The number of aliphatic hydroxyl groups is 1. The molecule has 16 heavy (non-hydrogen) atoms. The van der Waals surface area contributed by atoms with Gasteiger partial charge in [-0.05, 0) is 30.5 Å². The van der Waals surface area contributed by atoms with Gasteiger partial charge in [-0.3, -0.25) is 0 Å². The highest BCUT2D eigenvalue weighted by Gasteiger charge is 2.15. The van der Waals surface area contributed by atoms with Crippen LogP contribution in [0.15, 0.2) is 18.2 Å². The van der Waals surface area contributed by atoms with E-state index in [0.29, 0.717) is 0 Å². The van der Waals surface area contributed by atoms with Crippen molar-refractivity contribution in [2.75, 3.05) is 13.4 Å². The molecule has 0 amide bonds. The Bertz CT molecular complexity index is 346. The first kappa shape index (κ1) is 13.1. The Morgan fingerprint density at radius 3 is 2.81 bits per heavy atom. The van der Waals surface area contributed by atoms with E-state index < -0.39 is 0 Å². The van der Waals surface area contributed by atoms with Crippen LogP contribution in [0, 0.1) is 0 Å². The van der Waals surface area contributed by atoms with E-state index in [0.717, 1.165) is 29.9 Å². The molecule has 1 aromatic carbocycles. The molecule has 0 bridgehead atoms. The Labute approximate surface area is 101 Å². The van der Waals surface area contributed by atoms with Gasteiger partial charge in [0.1, 0.15) is 0 Å². The minimum atomic E-state index is -0.0494. The number of fused-ring (bicyclic) bond motifs is 1. The van der Waals surface area contributed by atoms with Crippen LogP contribution in [0.4, 0.5) is 0 Å². The van der Waals surface area contributed by atoms with Crippen molar-refractivity contribution in [1.29, 1.82) is 0 Å². The van der Waals surface area contributed by atoms with E-state index in [9.17, 15) is 0 Å². The Morgan fingerprint density at radius 2 is 2.06 bits per heavy atom. The lowest BCUT2D eigenvalue weighted by atomic mass is 10.0. The highest BCUT2D eigenvalue weighted by atomic mass is 35.5. The van der Waals surface area contributed by atoms with Crippen LogP contribution in [-0.4, -0.2) is 18.5 Å². The molecule has 0 saturated heterocycles. The number of hydrogen-bond acceptors (Lipinski definition) is 4. The molecule has 0 saturated carbocycles. The third-order valence-corrected chi connectivity index (χ3v) is 2.50. The third-order valence-electron chi connectivity index (χ3n) is 2.50. The first-order chi connectivity index (χ1) is 7.31. The molecule has 1 aromatic rings. The van der Waals surface area contributed by atoms with Crippen LogP contribution in [0.5, 0.6) is 11.5 Å². The van der Waals surface area contributed by atoms with E-state index in [-0.39, 0.29) is 31.8 Å². The maximum Gasteiger partial charge on any atom is 0.231 e. The Balaban J connectivity index is 0.00000128. The van der Waals surface area contributed by atoms with Gasteiger partial charge in [0.25, 0.3) is 0 Å². The quantitative estimate of drug-likeness (QED) is 0.846. The molecule has 0 radical (unpaired) electrons. The lowest BCUT2D eigenvalue weighted by Gasteiger charge is -2.11. The zero-order valence-corrected chi connectivity index (χ0v) is 9.70. The summed E-state index contributed by atoms with van der Waals surface area (Å²) in [4.78, 5) is 0. The number of halogens is 1. The first-order valence-corrected chi connectivity index (χ1v) is 5.07.